The van der Waals surface area contributed by atoms with Gasteiger partial charge in [-0.15, -0.1) is 10.2 Å². The molecule has 29 heavy (non-hydrogen) atoms. The molecule has 0 radical (unpaired) electrons. The van der Waals surface area contributed by atoms with Gasteiger partial charge in [0.15, 0.2) is 0 Å². The van der Waals surface area contributed by atoms with Gasteiger partial charge in [0.25, 0.3) is 0 Å². The molecule has 0 bridgehead atoms. The second-order valence-electron chi connectivity index (χ2n) is 5.69. The Labute approximate surface area is 166 Å². The monoisotopic (exact) mass is 393 g/mol. The second-order valence-corrected chi connectivity index (χ2v) is 5.69. The van der Waals surface area contributed by atoms with Crippen LogP contribution in [0.15, 0.2) is 47.0 Å². The number of aryl methyl sites for hydroxylation is 1. The first-order valence-electron chi connectivity index (χ1n) is 9.02. The van der Waals surface area contributed by atoms with E-state index in [1.54, 1.807) is 37.4 Å². The Morgan fingerprint density at radius 2 is 1.90 bits per heavy atom. The molecule has 4 aromatic rings. The Morgan fingerprint density at radius 3 is 2.48 bits per heavy atom. The summed E-state index contributed by atoms with van der Waals surface area (Å²) in [5.74, 6) is 0.744. The summed E-state index contributed by atoms with van der Waals surface area (Å²) in [6, 6.07) is 9.38. The highest BCUT2D eigenvalue weighted by Gasteiger charge is 2.18. The van der Waals surface area contributed by atoms with Crippen LogP contribution in [0.2, 0.25) is 0 Å². The summed E-state index contributed by atoms with van der Waals surface area (Å²) in [4.78, 5) is 4.58. The third-order valence-electron chi connectivity index (χ3n) is 3.84. The van der Waals surface area contributed by atoms with E-state index in [9.17, 15) is 4.39 Å². The lowest BCUT2D eigenvalue weighted by molar-refractivity contribution is 0.532. The third kappa shape index (κ3) is 4.34. The van der Waals surface area contributed by atoms with Crippen molar-refractivity contribution in [2.45, 2.75) is 20.8 Å². The van der Waals surface area contributed by atoms with Crippen LogP contribution in [0.1, 0.15) is 25.3 Å². The average molecular weight is 393 g/mol. The van der Waals surface area contributed by atoms with Crippen molar-refractivity contribution in [1.29, 1.82) is 5.41 Å². The Hall–Kier alpha value is -3.88. The molecule has 0 unspecified atom stereocenters. The normalized spacial score (nSPS) is 10.2. The molecule has 1 aromatic carbocycles. The van der Waals surface area contributed by atoms with E-state index in [0.29, 0.717) is 39.9 Å². The van der Waals surface area contributed by atoms with Gasteiger partial charge in [-0.05, 0) is 36.4 Å². The fraction of sp³-hybridized carbons (Fsp3) is 0.150. The van der Waals surface area contributed by atoms with Crippen LogP contribution in [0.4, 0.5) is 15.9 Å². The molecule has 3 aromatic heterocycles. The molecule has 3 N–H and O–H groups in total. The molecule has 0 aliphatic carbocycles. The minimum atomic E-state index is -0.339. The number of aromatic nitrogens is 5. The number of hydrogen-bond acceptors (Lipinski definition) is 7. The quantitative estimate of drug-likeness (QED) is 0.422. The number of benzene rings is 1. The molecule has 0 saturated carbocycles. The van der Waals surface area contributed by atoms with Crippen molar-refractivity contribution in [3.63, 3.8) is 0 Å². The van der Waals surface area contributed by atoms with E-state index in [2.05, 4.69) is 30.7 Å². The van der Waals surface area contributed by atoms with E-state index >= 15 is 0 Å². The molecular formula is C20H20FN7O. The summed E-state index contributed by atoms with van der Waals surface area (Å²) in [6.45, 7) is 5.69. The Morgan fingerprint density at radius 1 is 1.14 bits per heavy atom. The highest BCUT2D eigenvalue weighted by atomic mass is 19.1. The van der Waals surface area contributed by atoms with Crippen LogP contribution in [-0.4, -0.2) is 31.6 Å². The van der Waals surface area contributed by atoms with Crippen molar-refractivity contribution in [2.75, 3.05) is 5.32 Å². The van der Waals surface area contributed by atoms with Crippen molar-refractivity contribution < 1.29 is 8.81 Å². The van der Waals surface area contributed by atoms with Crippen LogP contribution in [0.3, 0.4) is 0 Å². The van der Waals surface area contributed by atoms with E-state index in [1.807, 2.05) is 13.8 Å². The molecule has 0 aliphatic rings. The first-order valence-corrected chi connectivity index (χ1v) is 9.02. The van der Waals surface area contributed by atoms with Gasteiger partial charge in [0.1, 0.15) is 11.6 Å². The van der Waals surface area contributed by atoms with Crippen LogP contribution in [0.25, 0.3) is 22.8 Å². The predicted octanol–water partition coefficient (Wildman–Crippen LogP) is 4.74. The number of anilines is 2. The second kappa shape index (κ2) is 8.87. The Balaban J connectivity index is 0.00000117. The zero-order valence-electron chi connectivity index (χ0n) is 16.2. The molecular weight excluding hydrogens is 373 g/mol. The number of nitrogens with zero attached hydrogens (tertiary/aromatic N) is 4. The summed E-state index contributed by atoms with van der Waals surface area (Å²) >= 11 is 0. The molecule has 8 nitrogen and oxygen atoms in total. The zero-order valence-corrected chi connectivity index (χ0v) is 16.2. The SMILES string of the molecule is CC.Cc1nnc(-c2cc(-c3ccn[nH]3)nc(Nc3ccc(F)cc3)c2C=N)o1. The minimum Gasteiger partial charge on any atom is -0.421 e. The van der Waals surface area contributed by atoms with Crippen molar-refractivity contribution >= 4 is 17.7 Å². The zero-order chi connectivity index (χ0) is 20.8. The number of halogens is 1. The largest absolute Gasteiger partial charge is 0.421 e. The van der Waals surface area contributed by atoms with Crippen molar-refractivity contribution in [2.24, 2.45) is 0 Å². The van der Waals surface area contributed by atoms with Gasteiger partial charge in [0.05, 0.1) is 17.0 Å². The molecule has 148 valence electrons. The van der Waals surface area contributed by atoms with Crippen molar-refractivity contribution in [3.8, 4) is 22.8 Å². The minimum absolute atomic E-state index is 0.274. The number of H-pyrrole nitrogens is 1. The molecule has 0 spiro atoms. The van der Waals surface area contributed by atoms with Crippen LogP contribution in [0, 0.1) is 18.2 Å². The molecule has 4 rings (SSSR count). The van der Waals surface area contributed by atoms with Crippen molar-refractivity contribution in [1.82, 2.24) is 25.4 Å². The molecule has 0 atom stereocenters. The van der Waals surface area contributed by atoms with Gasteiger partial charge in [0.2, 0.25) is 11.8 Å². The van der Waals surface area contributed by atoms with E-state index in [-0.39, 0.29) is 11.7 Å². The van der Waals surface area contributed by atoms with Gasteiger partial charge in [-0.3, -0.25) is 5.10 Å². The van der Waals surface area contributed by atoms with Gasteiger partial charge in [-0.1, -0.05) is 13.8 Å². The topological polar surface area (TPSA) is 116 Å². The first-order chi connectivity index (χ1) is 14.1. The molecule has 0 saturated heterocycles. The Kier molecular flexibility index (Phi) is 6.08. The maximum absolute atomic E-state index is 13.2. The number of rotatable bonds is 5. The number of pyridine rings is 1. The highest BCUT2D eigenvalue weighted by Crippen LogP contribution is 2.32. The number of aromatic amines is 1. The van der Waals surface area contributed by atoms with Crippen LogP contribution < -0.4 is 5.32 Å². The van der Waals surface area contributed by atoms with Gasteiger partial charge in [-0.2, -0.15) is 5.10 Å². The lowest BCUT2D eigenvalue weighted by atomic mass is 10.1. The summed E-state index contributed by atoms with van der Waals surface area (Å²) in [5.41, 5.74) is 2.90. The van der Waals surface area contributed by atoms with E-state index in [0.717, 1.165) is 6.21 Å². The van der Waals surface area contributed by atoms with Crippen molar-refractivity contribution in [3.05, 3.63) is 59.9 Å². The Bertz CT molecular complexity index is 1090. The maximum Gasteiger partial charge on any atom is 0.248 e. The summed E-state index contributed by atoms with van der Waals surface area (Å²) in [7, 11) is 0. The van der Waals surface area contributed by atoms with E-state index in [1.165, 1.54) is 12.1 Å². The average Bonchev–Trinajstić information content (AvgIpc) is 3.43. The standard InChI is InChI=1S/C18H14FN7O.C2H6/c1-10-24-26-18(27-10)13-8-16(15-6-7-21-25-15)23-17(14(13)9-20)22-12-4-2-11(19)3-5-12;1-2/h2-9,20H,1H3,(H,21,25)(H,22,23);1-2H3. The summed E-state index contributed by atoms with van der Waals surface area (Å²) in [6.07, 6.45) is 2.77. The highest BCUT2D eigenvalue weighted by molar-refractivity contribution is 5.95. The fourth-order valence-corrected chi connectivity index (χ4v) is 2.59. The molecule has 9 heteroatoms. The van der Waals surface area contributed by atoms with E-state index in [4.69, 9.17) is 9.83 Å². The fourth-order valence-electron chi connectivity index (χ4n) is 2.59. The lowest BCUT2D eigenvalue weighted by Gasteiger charge is -2.13. The number of nitrogens with one attached hydrogen (secondary N) is 3. The molecule has 0 aliphatic heterocycles. The maximum atomic E-state index is 13.2. The summed E-state index contributed by atoms with van der Waals surface area (Å²) < 4.78 is 18.7. The summed E-state index contributed by atoms with van der Waals surface area (Å²) in [5, 5.41) is 25.7. The smallest absolute Gasteiger partial charge is 0.248 e. The van der Waals surface area contributed by atoms with Crippen LogP contribution in [-0.2, 0) is 0 Å². The van der Waals surface area contributed by atoms with Gasteiger partial charge < -0.3 is 15.1 Å². The van der Waals surface area contributed by atoms with Gasteiger partial charge in [0, 0.05) is 30.6 Å². The predicted molar refractivity (Wildman–Crippen MR) is 109 cm³/mol. The molecule has 3 heterocycles. The first kappa shape index (κ1) is 19.9. The van der Waals surface area contributed by atoms with E-state index < -0.39 is 0 Å². The van der Waals surface area contributed by atoms with Gasteiger partial charge in [-0.25, -0.2) is 9.37 Å². The van der Waals surface area contributed by atoms with Crippen LogP contribution in [0.5, 0.6) is 0 Å². The third-order valence-corrected chi connectivity index (χ3v) is 3.84. The molecule has 0 fully saturated rings. The van der Waals surface area contributed by atoms with Crippen LogP contribution >= 0.6 is 0 Å². The molecule has 0 amide bonds. The number of hydrogen-bond donors (Lipinski definition) is 3. The lowest BCUT2D eigenvalue weighted by Crippen LogP contribution is -2.03. The van der Waals surface area contributed by atoms with Gasteiger partial charge >= 0.3 is 0 Å².